The van der Waals surface area contributed by atoms with Gasteiger partial charge < -0.3 is 4.90 Å². The van der Waals surface area contributed by atoms with E-state index in [4.69, 9.17) is 0 Å². The van der Waals surface area contributed by atoms with E-state index >= 15 is 0 Å². The highest BCUT2D eigenvalue weighted by molar-refractivity contribution is 7.91. The molecule has 2 saturated heterocycles. The van der Waals surface area contributed by atoms with Crippen molar-refractivity contribution in [2.24, 2.45) is 0 Å². The van der Waals surface area contributed by atoms with Gasteiger partial charge in [-0.05, 0) is 12.5 Å². The fourth-order valence-corrected chi connectivity index (χ4v) is 5.83. The quantitative estimate of drug-likeness (QED) is 0.748. The van der Waals surface area contributed by atoms with Gasteiger partial charge in [0.25, 0.3) is 0 Å². The first kappa shape index (κ1) is 18.1. The summed E-state index contributed by atoms with van der Waals surface area (Å²) in [5, 5.41) is 0. The summed E-state index contributed by atoms with van der Waals surface area (Å²) in [5.74, 6) is 0.220. The zero-order valence-electron chi connectivity index (χ0n) is 14.6. The fourth-order valence-electron chi connectivity index (χ4n) is 3.81. The second kappa shape index (κ2) is 6.88. The average Bonchev–Trinajstić information content (AvgIpc) is 2.90. The molecule has 6 nitrogen and oxygen atoms in total. The highest BCUT2D eigenvalue weighted by Gasteiger charge is 2.47. The number of benzene rings is 1. The average molecular weight is 364 g/mol. The number of Topliss-reactive ketones (excluding diaryl/α,β-unsaturated/α-hetero) is 1. The predicted molar refractivity (Wildman–Crippen MR) is 95.1 cm³/mol. The van der Waals surface area contributed by atoms with Gasteiger partial charge in [-0.3, -0.25) is 14.5 Å². The van der Waals surface area contributed by atoms with Crippen molar-refractivity contribution in [1.82, 2.24) is 9.80 Å². The fraction of sp³-hybridized carbons (Fsp3) is 0.556. The number of sulfone groups is 1. The lowest BCUT2D eigenvalue weighted by Crippen LogP contribution is -2.60. The van der Waals surface area contributed by atoms with E-state index in [1.807, 2.05) is 19.1 Å². The molecule has 1 amide bonds. The van der Waals surface area contributed by atoms with Crippen molar-refractivity contribution in [2.45, 2.75) is 38.9 Å². The molecule has 25 heavy (non-hydrogen) atoms. The Kier molecular flexibility index (Phi) is 4.97. The number of piperazine rings is 1. The van der Waals surface area contributed by atoms with Crippen LogP contribution >= 0.6 is 0 Å². The molecule has 2 atom stereocenters. The smallest absolute Gasteiger partial charge is 0.222 e. The first-order chi connectivity index (χ1) is 11.8. The minimum Gasteiger partial charge on any atom is -0.336 e. The van der Waals surface area contributed by atoms with Gasteiger partial charge in [0.1, 0.15) is 0 Å². The monoisotopic (exact) mass is 364 g/mol. The van der Waals surface area contributed by atoms with Crippen LogP contribution in [0.3, 0.4) is 0 Å². The van der Waals surface area contributed by atoms with Gasteiger partial charge >= 0.3 is 0 Å². The van der Waals surface area contributed by atoms with E-state index in [1.165, 1.54) is 6.92 Å². The second-order valence-electron chi connectivity index (χ2n) is 6.88. The molecule has 1 aromatic rings. The first-order valence-electron chi connectivity index (χ1n) is 8.64. The van der Waals surface area contributed by atoms with Gasteiger partial charge in [-0.2, -0.15) is 0 Å². The molecule has 0 saturated carbocycles. The van der Waals surface area contributed by atoms with Crippen LogP contribution in [0.5, 0.6) is 0 Å². The molecule has 3 rings (SSSR count). The number of carbonyl (C=O) groups excluding carboxylic acids is 2. The molecule has 0 spiro atoms. The lowest BCUT2D eigenvalue weighted by molar-refractivity contribution is -0.136. The maximum atomic E-state index is 12.2. The van der Waals surface area contributed by atoms with Gasteiger partial charge in [-0.25, -0.2) is 8.42 Å². The van der Waals surface area contributed by atoms with E-state index in [2.05, 4.69) is 4.90 Å². The third-order valence-corrected chi connectivity index (χ3v) is 6.86. The van der Waals surface area contributed by atoms with Crippen molar-refractivity contribution in [3.05, 3.63) is 35.4 Å². The summed E-state index contributed by atoms with van der Waals surface area (Å²) < 4.78 is 24.3. The summed E-state index contributed by atoms with van der Waals surface area (Å²) in [6, 6.07) is 7.04. The zero-order valence-corrected chi connectivity index (χ0v) is 15.5. The Hall–Kier alpha value is -1.73. The van der Waals surface area contributed by atoms with Gasteiger partial charge in [0, 0.05) is 37.7 Å². The minimum atomic E-state index is -3.13. The van der Waals surface area contributed by atoms with Crippen LogP contribution in [0.15, 0.2) is 24.3 Å². The lowest BCUT2D eigenvalue weighted by atomic mass is 10.0. The summed E-state index contributed by atoms with van der Waals surface area (Å²) >= 11 is 0. The van der Waals surface area contributed by atoms with E-state index in [1.54, 1.807) is 17.0 Å². The van der Waals surface area contributed by atoms with E-state index < -0.39 is 9.84 Å². The van der Waals surface area contributed by atoms with Crippen LogP contribution in [0.2, 0.25) is 0 Å². The van der Waals surface area contributed by atoms with Crippen LogP contribution in [-0.4, -0.2) is 66.6 Å². The number of fused-ring (bicyclic) bond motifs is 1. The predicted octanol–water partition coefficient (Wildman–Crippen LogP) is 1.11. The topological polar surface area (TPSA) is 74.8 Å². The van der Waals surface area contributed by atoms with Gasteiger partial charge in [0.2, 0.25) is 5.91 Å². The summed E-state index contributed by atoms with van der Waals surface area (Å²) in [6.45, 7) is 5.20. The van der Waals surface area contributed by atoms with Crippen LogP contribution in [0.4, 0.5) is 0 Å². The van der Waals surface area contributed by atoms with Crippen LogP contribution < -0.4 is 0 Å². The van der Waals surface area contributed by atoms with Gasteiger partial charge in [-0.15, -0.1) is 0 Å². The van der Waals surface area contributed by atoms with E-state index in [0.717, 1.165) is 5.56 Å². The molecule has 0 bridgehead atoms. The highest BCUT2D eigenvalue weighted by Crippen LogP contribution is 2.28. The number of hydrogen-bond acceptors (Lipinski definition) is 5. The Bertz CT molecular complexity index is 773. The van der Waals surface area contributed by atoms with Gasteiger partial charge in [0.05, 0.1) is 17.5 Å². The molecule has 2 unspecified atom stereocenters. The summed E-state index contributed by atoms with van der Waals surface area (Å²) in [5.41, 5.74) is 1.71. The lowest BCUT2D eigenvalue weighted by Gasteiger charge is -2.44. The largest absolute Gasteiger partial charge is 0.336 e. The first-order valence-corrected chi connectivity index (χ1v) is 10.5. The molecular formula is C18H24N2O4S. The van der Waals surface area contributed by atoms with Gasteiger partial charge in [-0.1, -0.05) is 31.2 Å². The Balaban J connectivity index is 1.78. The Morgan fingerprint density at radius 1 is 1.08 bits per heavy atom. The summed E-state index contributed by atoms with van der Waals surface area (Å²) in [4.78, 5) is 27.5. The number of nitrogens with zero attached hydrogens (tertiary/aromatic N) is 2. The number of ketones is 1. The molecule has 2 aliphatic rings. The molecule has 136 valence electrons. The van der Waals surface area contributed by atoms with E-state index in [0.29, 0.717) is 31.6 Å². The molecule has 0 aromatic heterocycles. The standard InChI is InChI=1S/C18H24N2O4S/c1-3-18(22)20-9-8-19(16-11-25(23,24)12-17(16)20)10-14-4-6-15(7-5-14)13(2)21/h4-7,16-17H,3,8-12H2,1-2H3. The Morgan fingerprint density at radius 2 is 1.72 bits per heavy atom. The van der Waals surface area contributed by atoms with Crippen molar-refractivity contribution in [3.8, 4) is 0 Å². The highest BCUT2D eigenvalue weighted by atomic mass is 32.2. The second-order valence-corrected chi connectivity index (χ2v) is 9.03. The summed E-state index contributed by atoms with van der Waals surface area (Å²) in [7, 11) is -3.13. The van der Waals surface area contributed by atoms with Crippen molar-refractivity contribution in [3.63, 3.8) is 0 Å². The Labute approximate surface area is 148 Å². The number of amides is 1. The van der Waals surface area contributed by atoms with E-state index in [9.17, 15) is 18.0 Å². The molecular weight excluding hydrogens is 340 g/mol. The molecule has 0 N–H and O–H groups in total. The maximum absolute atomic E-state index is 12.2. The van der Waals surface area contributed by atoms with E-state index in [-0.39, 0.29) is 35.3 Å². The Morgan fingerprint density at radius 3 is 2.32 bits per heavy atom. The SMILES string of the molecule is CCC(=O)N1CCN(Cc2ccc(C(C)=O)cc2)C2CS(=O)(=O)CC21. The zero-order chi connectivity index (χ0) is 18.2. The van der Waals surface area contributed by atoms with Crippen LogP contribution in [0, 0.1) is 0 Å². The van der Waals surface area contributed by atoms with Crippen molar-refractivity contribution >= 4 is 21.5 Å². The molecule has 7 heteroatoms. The molecule has 1 aromatic carbocycles. The minimum absolute atomic E-state index is 0.0255. The third kappa shape index (κ3) is 3.77. The summed E-state index contributed by atoms with van der Waals surface area (Å²) in [6.07, 6.45) is 0.399. The number of carbonyl (C=O) groups is 2. The van der Waals surface area contributed by atoms with Crippen LogP contribution in [-0.2, 0) is 21.2 Å². The van der Waals surface area contributed by atoms with Crippen molar-refractivity contribution in [2.75, 3.05) is 24.6 Å². The van der Waals surface area contributed by atoms with Crippen LogP contribution in [0.1, 0.15) is 36.2 Å². The molecule has 0 aliphatic carbocycles. The third-order valence-electron chi connectivity index (χ3n) is 5.16. The van der Waals surface area contributed by atoms with Crippen molar-refractivity contribution in [1.29, 1.82) is 0 Å². The molecule has 0 radical (unpaired) electrons. The maximum Gasteiger partial charge on any atom is 0.222 e. The number of rotatable bonds is 4. The van der Waals surface area contributed by atoms with Crippen LogP contribution in [0.25, 0.3) is 0 Å². The van der Waals surface area contributed by atoms with Crippen molar-refractivity contribution < 1.29 is 18.0 Å². The number of hydrogen-bond donors (Lipinski definition) is 0. The molecule has 2 aliphatic heterocycles. The van der Waals surface area contributed by atoms with Gasteiger partial charge in [0.15, 0.2) is 15.6 Å². The normalized spacial score (nSPS) is 25.6. The molecule has 2 fully saturated rings. The molecule has 2 heterocycles.